The molecule has 1 amide bonds. The number of aromatic nitrogens is 2. The standard InChI is InChI=1S/C20H22FN3O4S2/c1-20(19(25)23-26,30(3,27)28)8-9-24-12-14-10-13(4-7-18(14)22-24)16-6-5-15(29-2)11-17(16)21/h4-7,10-12,26H,8-9H2,1-3H3,(H,23,25)/t20-/m1/s1. The first-order valence-corrected chi connectivity index (χ1v) is 12.2. The highest BCUT2D eigenvalue weighted by Crippen LogP contribution is 2.29. The van der Waals surface area contributed by atoms with Crippen molar-refractivity contribution < 1.29 is 22.8 Å². The van der Waals surface area contributed by atoms with Crippen molar-refractivity contribution in [2.24, 2.45) is 0 Å². The van der Waals surface area contributed by atoms with E-state index < -0.39 is 20.5 Å². The first-order chi connectivity index (χ1) is 14.1. The number of nitrogens with one attached hydrogen (secondary N) is 1. The van der Waals surface area contributed by atoms with Gasteiger partial charge in [0, 0.05) is 34.8 Å². The maximum Gasteiger partial charge on any atom is 0.264 e. The molecule has 0 aliphatic heterocycles. The smallest absolute Gasteiger partial charge is 0.264 e. The Morgan fingerprint density at radius 2 is 2.03 bits per heavy atom. The number of amides is 1. The molecule has 3 aromatic rings. The molecule has 0 unspecified atom stereocenters. The zero-order valence-electron chi connectivity index (χ0n) is 16.7. The lowest BCUT2D eigenvalue weighted by atomic mass is 10.0. The van der Waals surface area contributed by atoms with Crippen LogP contribution in [0.5, 0.6) is 0 Å². The number of nitrogens with zero attached hydrogens (tertiary/aromatic N) is 2. The second-order valence-corrected chi connectivity index (χ2v) is 10.5. The number of carbonyl (C=O) groups is 1. The van der Waals surface area contributed by atoms with Gasteiger partial charge in [0.05, 0.1) is 5.52 Å². The van der Waals surface area contributed by atoms with Gasteiger partial charge < -0.3 is 0 Å². The van der Waals surface area contributed by atoms with Crippen molar-refractivity contribution in [3.8, 4) is 11.1 Å². The van der Waals surface area contributed by atoms with Crippen LogP contribution in [0.25, 0.3) is 22.0 Å². The summed E-state index contributed by atoms with van der Waals surface area (Å²) < 4.78 is 38.4. The van der Waals surface area contributed by atoms with Crippen LogP contribution in [0.4, 0.5) is 4.39 Å². The molecule has 30 heavy (non-hydrogen) atoms. The molecule has 1 heterocycles. The minimum atomic E-state index is -3.79. The maximum absolute atomic E-state index is 14.5. The van der Waals surface area contributed by atoms with Crippen LogP contribution in [0.15, 0.2) is 47.5 Å². The summed E-state index contributed by atoms with van der Waals surface area (Å²) in [6.07, 6.45) is 4.47. The molecule has 10 heteroatoms. The van der Waals surface area contributed by atoms with E-state index in [0.29, 0.717) is 16.6 Å². The van der Waals surface area contributed by atoms with Gasteiger partial charge in [-0.05, 0) is 49.4 Å². The molecule has 7 nitrogen and oxygen atoms in total. The number of fused-ring (bicyclic) bond motifs is 1. The quantitative estimate of drug-likeness (QED) is 0.325. The number of carbonyl (C=O) groups excluding carboxylic acids is 1. The van der Waals surface area contributed by atoms with E-state index in [1.807, 2.05) is 18.4 Å². The van der Waals surface area contributed by atoms with Crippen LogP contribution >= 0.6 is 11.8 Å². The Kier molecular flexibility index (Phi) is 6.21. The summed E-state index contributed by atoms with van der Waals surface area (Å²) in [6.45, 7) is 1.40. The van der Waals surface area contributed by atoms with E-state index in [0.717, 1.165) is 16.5 Å². The SMILES string of the molecule is CSc1ccc(-c2ccc3nn(CC[C@](C)(C(=O)NO)S(C)(=O)=O)cc3c2)c(F)c1. The summed E-state index contributed by atoms with van der Waals surface area (Å²) in [7, 11) is -3.79. The molecule has 0 fully saturated rings. The van der Waals surface area contributed by atoms with Gasteiger partial charge in [-0.15, -0.1) is 11.8 Å². The largest absolute Gasteiger partial charge is 0.289 e. The van der Waals surface area contributed by atoms with Crippen LogP contribution in [0.1, 0.15) is 13.3 Å². The molecule has 0 bridgehead atoms. The van der Waals surface area contributed by atoms with Gasteiger partial charge in [0.1, 0.15) is 5.82 Å². The van der Waals surface area contributed by atoms with E-state index >= 15 is 0 Å². The summed E-state index contributed by atoms with van der Waals surface area (Å²) in [6, 6.07) is 10.4. The number of halogens is 1. The van der Waals surface area contributed by atoms with Gasteiger partial charge in [0.15, 0.2) is 14.6 Å². The fraction of sp³-hybridized carbons (Fsp3) is 0.300. The molecule has 1 aromatic heterocycles. The van der Waals surface area contributed by atoms with Crippen molar-refractivity contribution in [1.82, 2.24) is 15.3 Å². The third-order valence-corrected chi connectivity index (χ3v) is 8.01. The Bertz CT molecular complexity index is 1210. The number of rotatable bonds is 7. The monoisotopic (exact) mass is 451 g/mol. The fourth-order valence-electron chi connectivity index (χ4n) is 3.13. The number of aryl methyl sites for hydroxylation is 1. The van der Waals surface area contributed by atoms with Crippen molar-refractivity contribution >= 4 is 38.4 Å². The number of benzene rings is 2. The van der Waals surface area contributed by atoms with E-state index in [9.17, 15) is 17.6 Å². The fourth-order valence-corrected chi connectivity index (χ4v) is 4.40. The molecule has 160 valence electrons. The Morgan fingerprint density at radius 1 is 1.30 bits per heavy atom. The highest BCUT2D eigenvalue weighted by Gasteiger charge is 2.43. The first kappa shape index (κ1) is 22.3. The van der Waals surface area contributed by atoms with Crippen molar-refractivity contribution in [3.05, 3.63) is 48.4 Å². The third-order valence-electron chi connectivity index (χ3n) is 5.26. The average molecular weight is 452 g/mol. The maximum atomic E-state index is 14.5. The molecule has 0 radical (unpaired) electrons. The van der Waals surface area contributed by atoms with E-state index in [2.05, 4.69) is 5.10 Å². The molecule has 1 atom stereocenters. The van der Waals surface area contributed by atoms with E-state index in [4.69, 9.17) is 5.21 Å². The Hall–Kier alpha value is -2.43. The second kappa shape index (κ2) is 8.37. The Labute approximate surface area is 178 Å². The van der Waals surface area contributed by atoms with Gasteiger partial charge in [0.2, 0.25) is 0 Å². The molecule has 0 aliphatic carbocycles. The van der Waals surface area contributed by atoms with Gasteiger partial charge in [-0.3, -0.25) is 14.7 Å². The van der Waals surface area contributed by atoms with Crippen molar-refractivity contribution in [2.45, 2.75) is 29.5 Å². The van der Waals surface area contributed by atoms with Crippen LogP contribution in [-0.4, -0.2) is 46.6 Å². The molecule has 0 aliphatic rings. The lowest BCUT2D eigenvalue weighted by Crippen LogP contribution is -2.49. The van der Waals surface area contributed by atoms with Crippen LogP contribution in [-0.2, 0) is 21.2 Å². The van der Waals surface area contributed by atoms with Crippen molar-refractivity contribution in [1.29, 1.82) is 0 Å². The third kappa shape index (κ3) is 4.21. The highest BCUT2D eigenvalue weighted by molar-refractivity contribution is 7.98. The van der Waals surface area contributed by atoms with E-state index in [1.54, 1.807) is 24.4 Å². The van der Waals surface area contributed by atoms with E-state index in [-0.39, 0.29) is 18.8 Å². The predicted molar refractivity (Wildman–Crippen MR) is 115 cm³/mol. The zero-order valence-corrected chi connectivity index (χ0v) is 18.3. The molecular formula is C20H22FN3O4S2. The van der Waals surface area contributed by atoms with Gasteiger partial charge in [-0.25, -0.2) is 18.3 Å². The second-order valence-electron chi connectivity index (χ2n) is 7.21. The van der Waals surface area contributed by atoms with Gasteiger partial charge in [-0.2, -0.15) is 5.10 Å². The summed E-state index contributed by atoms with van der Waals surface area (Å²) in [5, 5.41) is 14.1. The summed E-state index contributed by atoms with van der Waals surface area (Å²) in [5.74, 6) is -1.30. The normalized spacial score (nSPS) is 13.9. The lowest BCUT2D eigenvalue weighted by Gasteiger charge is -2.24. The molecule has 2 N–H and O–H groups in total. The molecule has 2 aromatic carbocycles. The Morgan fingerprint density at radius 3 is 2.63 bits per heavy atom. The molecule has 3 rings (SSSR count). The first-order valence-electron chi connectivity index (χ1n) is 9.04. The Balaban J connectivity index is 1.89. The average Bonchev–Trinajstić information content (AvgIpc) is 3.12. The number of thioether (sulfide) groups is 1. The molecule has 0 saturated heterocycles. The number of hydroxylamine groups is 1. The van der Waals surface area contributed by atoms with E-state index in [1.165, 1.54) is 34.9 Å². The van der Waals surface area contributed by atoms with Crippen LogP contribution < -0.4 is 5.48 Å². The summed E-state index contributed by atoms with van der Waals surface area (Å²) >= 11 is 1.47. The minimum Gasteiger partial charge on any atom is -0.289 e. The number of hydrogen-bond donors (Lipinski definition) is 2. The summed E-state index contributed by atoms with van der Waals surface area (Å²) in [4.78, 5) is 12.8. The lowest BCUT2D eigenvalue weighted by molar-refractivity contribution is -0.131. The van der Waals surface area contributed by atoms with Crippen LogP contribution in [0.2, 0.25) is 0 Å². The van der Waals surface area contributed by atoms with Crippen LogP contribution in [0.3, 0.4) is 0 Å². The molecular weight excluding hydrogens is 429 g/mol. The van der Waals surface area contributed by atoms with Gasteiger partial charge >= 0.3 is 0 Å². The molecule has 0 spiro atoms. The minimum absolute atomic E-state index is 0.0795. The number of hydrogen-bond acceptors (Lipinski definition) is 6. The summed E-state index contributed by atoms with van der Waals surface area (Å²) in [5.41, 5.74) is 3.27. The van der Waals surface area contributed by atoms with Crippen molar-refractivity contribution in [3.63, 3.8) is 0 Å². The van der Waals surface area contributed by atoms with Crippen molar-refractivity contribution in [2.75, 3.05) is 12.5 Å². The topological polar surface area (TPSA) is 101 Å². The predicted octanol–water partition coefficient (Wildman–Crippen LogP) is 3.26. The molecule has 0 saturated carbocycles. The van der Waals surface area contributed by atoms with Crippen LogP contribution in [0, 0.1) is 5.82 Å². The highest BCUT2D eigenvalue weighted by atomic mass is 32.2. The van der Waals surface area contributed by atoms with Gasteiger partial charge in [0.25, 0.3) is 5.91 Å². The zero-order chi connectivity index (χ0) is 22.1. The number of sulfone groups is 1. The van der Waals surface area contributed by atoms with Gasteiger partial charge in [-0.1, -0.05) is 12.1 Å².